The van der Waals surface area contributed by atoms with Gasteiger partial charge in [-0.3, -0.25) is 4.79 Å². The minimum atomic E-state index is 0.121. The molecular formula is C12H20I2O. The van der Waals surface area contributed by atoms with Crippen LogP contribution in [0, 0.1) is 0 Å². The quantitative estimate of drug-likeness (QED) is 0.409. The summed E-state index contributed by atoms with van der Waals surface area (Å²) in [4.78, 5) is 10.6. The van der Waals surface area contributed by atoms with E-state index in [1.165, 1.54) is 0 Å². The fraction of sp³-hybridized carbons (Fsp3) is 0.417. The molecule has 88 valence electrons. The molecule has 0 saturated heterocycles. The second-order valence-corrected chi connectivity index (χ2v) is 1.92. The van der Waals surface area contributed by atoms with Crippen LogP contribution in [0.1, 0.15) is 45.0 Å². The highest BCUT2D eigenvalue weighted by Crippen LogP contribution is 1.97. The normalized spacial score (nSPS) is 6.60. The molecule has 15 heavy (non-hydrogen) atoms. The van der Waals surface area contributed by atoms with Crippen molar-refractivity contribution in [3.63, 3.8) is 0 Å². The summed E-state index contributed by atoms with van der Waals surface area (Å²) in [6.45, 7) is 9.56. The van der Waals surface area contributed by atoms with Gasteiger partial charge in [0, 0.05) is 42.8 Å². The van der Waals surface area contributed by atoms with Crippen molar-refractivity contribution in [2.24, 2.45) is 0 Å². The van der Waals surface area contributed by atoms with E-state index in [9.17, 15) is 4.79 Å². The molecule has 0 atom stereocenters. The fourth-order valence-electron chi connectivity index (χ4n) is 0.673. The predicted molar refractivity (Wildman–Crippen MR) is 87.2 cm³/mol. The molecule has 0 aliphatic rings. The zero-order valence-corrected chi connectivity index (χ0v) is 14.4. The van der Waals surface area contributed by atoms with E-state index in [0.29, 0.717) is 0 Å². The minimum absolute atomic E-state index is 0.121. The number of hydrogen-bond donors (Lipinski definition) is 0. The molecule has 1 nitrogen and oxygen atoms in total. The van der Waals surface area contributed by atoms with Crippen molar-refractivity contribution in [3.05, 3.63) is 35.9 Å². The van der Waals surface area contributed by atoms with E-state index in [2.05, 4.69) is 37.2 Å². The summed E-state index contributed by atoms with van der Waals surface area (Å²) >= 11 is 4.24. The smallest absolute Gasteiger partial charge is 0.159 e. The Morgan fingerprint density at radius 2 is 1.27 bits per heavy atom. The summed E-state index contributed by atoms with van der Waals surface area (Å²) in [5.41, 5.74) is 0.775. The molecule has 1 rings (SSSR count). The van der Waals surface area contributed by atoms with Crippen LogP contribution < -0.4 is 0 Å². The Morgan fingerprint density at radius 3 is 1.47 bits per heavy atom. The number of ketones is 1. The number of Topliss-reactive ketones (excluding diaryl/α,β-unsaturated/α-hetero) is 1. The van der Waals surface area contributed by atoms with Crippen molar-refractivity contribution < 1.29 is 4.79 Å². The van der Waals surface area contributed by atoms with Gasteiger partial charge in [-0.15, -0.1) is 0 Å². The van der Waals surface area contributed by atoms with E-state index in [1.54, 1.807) is 6.92 Å². The van der Waals surface area contributed by atoms with E-state index < -0.39 is 0 Å². The standard InChI is InChI=1S/C8H8O.2C2H6.I2/c1-7(9)8-5-3-2-4-6-8;3*1-2/h2-6H,1H3;2*1-2H3;. The summed E-state index contributed by atoms with van der Waals surface area (Å²) in [5.74, 6) is 0.121. The van der Waals surface area contributed by atoms with Crippen molar-refractivity contribution in [1.82, 2.24) is 0 Å². The number of hydrogen-bond acceptors (Lipinski definition) is 1. The molecule has 0 aliphatic carbocycles. The van der Waals surface area contributed by atoms with Gasteiger partial charge in [-0.1, -0.05) is 58.0 Å². The number of carbonyl (C=O) groups is 1. The fourth-order valence-corrected chi connectivity index (χ4v) is 0.673. The zero-order chi connectivity index (χ0) is 12.7. The third-order valence-electron chi connectivity index (χ3n) is 1.18. The van der Waals surface area contributed by atoms with Gasteiger partial charge < -0.3 is 0 Å². The van der Waals surface area contributed by atoms with Crippen LogP contribution in [0.2, 0.25) is 0 Å². The Balaban J connectivity index is -0.000000208. The van der Waals surface area contributed by atoms with Gasteiger partial charge in [-0.2, -0.15) is 0 Å². The molecule has 3 heteroatoms. The highest BCUT2D eigenvalue weighted by molar-refractivity contribution is 15.0. The molecule has 0 heterocycles. The third-order valence-corrected chi connectivity index (χ3v) is 1.18. The molecule has 0 saturated carbocycles. The minimum Gasteiger partial charge on any atom is -0.295 e. The van der Waals surface area contributed by atoms with Gasteiger partial charge in [-0.05, 0) is 6.92 Å². The topological polar surface area (TPSA) is 17.1 Å². The molecule has 1 aromatic carbocycles. The number of carbonyl (C=O) groups excluding carboxylic acids is 1. The Morgan fingerprint density at radius 1 is 0.933 bits per heavy atom. The Bertz CT molecular complexity index is 210. The van der Waals surface area contributed by atoms with Gasteiger partial charge in [0.05, 0.1) is 0 Å². The van der Waals surface area contributed by atoms with Crippen LogP contribution in [0.4, 0.5) is 0 Å². The molecule has 0 radical (unpaired) electrons. The van der Waals surface area contributed by atoms with Gasteiger partial charge >= 0.3 is 0 Å². The van der Waals surface area contributed by atoms with Crippen molar-refractivity contribution in [2.45, 2.75) is 34.6 Å². The van der Waals surface area contributed by atoms with E-state index in [1.807, 2.05) is 58.0 Å². The molecule has 0 bridgehead atoms. The first kappa shape index (κ1) is 20.7. The molecule has 0 aromatic heterocycles. The van der Waals surface area contributed by atoms with Crippen molar-refractivity contribution in [2.75, 3.05) is 0 Å². The van der Waals surface area contributed by atoms with E-state index >= 15 is 0 Å². The maximum absolute atomic E-state index is 10.6. The predicted octanol–water partition coefficient (Wildman–Crippen LogP) is 5.71. The van der Waals surface area contributed by atoms with E-state index in [0.717, 1.165) is 5.56 Å². The largest absolute Gasteiger partial charge is 0.295 e. The Labute approximate surface area is 117 Å². The molecule has 0 N–H and O–H groups in total. The van der Waals surface area contributed by atoms with Crippen LogP contribution in [0.3, 0.4) is 0 Å². The first-order chi connectivity index (χ1) is 7.30. The molecule has 0 aliphatic heterocycles. The molecule has 0 fully saturated rings. The highest BCUT2D eigenvalue weighted by Gasteiger charge is 1.92. The van der Waals surface area contributed by atoms with Crippen molar-refractivity contribution >= 4 is 43.0 Å². The molecule has 0 unspecified atom stereocenters. The van der Waals surface area contributed by atoms with Crippen LogP contribution in [0.5, 0.6) is 0 Å². The summed E-state index contributed by atoms with van der Waals surface area (Å²) in [6, 6.07) is 9.23. The van der Waals surface area contributed by atoms with Gasteiger partial charge in [0.15, 0.2) is 5.78 Å². The van der Waals surface area contributed by atoms with Crippen molar-refractivity contribution in [3.8, 4) is 0 Å². The molecular weight excluding hydrogens is 414 g/mol. The third kappa shape index (κ3) is 14.4. The average molecular weight is 434 g/mol. The lowest BCUT2D eigenvalue weighted by Crippen LogP contribution is -1.88. The SMILES string of the molecule is CC.CC.CC(=O)c1ccccc1.II. The Kier molecular flexibility index (Phi) is 27.4. The molecule has 1 aromatic rings. The van der Waals surface area contributed by atoms with Crippen LogP contribution in [-0.2, 0) is 0 Å². The highest BCUT2D eigenvalue weighted by atomic mass is 128. The van der Waals surface area contributed by atoms with Crippen LogP contribution in [0.15, 0.2) is 30.3 Å². The second kappa shape index (κ2) is 19.9. The van der Waals surface area contributed by atoms with Crippen LogP contribution >= 0.6 is 37.2 Å². The van der Waals surface area contributed by atoms with E-state index in [4.69, 9.17) is 0 Å². The summed E-state index contributed by atoms with van der Waals surface area (Å²) in [6.07, 6.45) is 0. The monoisotopic (exact) mass is 434 g/mol. The lowest BCUT2D eigenvalue weighted by atomic mass is 10.2. The van der Waals surface area contributed by atoms with E-state index in [-0.39, 0.29) is 5.78 Å². The van der Waals surface area contributed by atoms with Gasteiger partial charge in [0.2, 0.25) is 0 Å². The Hall–Kier alpha value is 0.350. The molecule has 0 spiro atoms. The second-order valence-electron chi connectivity index (χ2n) is 1.92. The van der Waals surface area contributed by atoms with Gasteiger partial charge in [0.25, 0.3) is 0 Å². The summed E-state index contributed by atoms with van der Waals surface area (Å²) < 4.78 is 0. The maximum Gasteiger partial charge on any atom is 0.159 e. The van der Waals surface area contributed by atoms with Crippen LogP contribution in [0.25, 0.3) is 0 Å². The lowest BCUT2D eigenvalue weighted by Gasteiger charge is -1.89. The zero-order valence-electron chi connectivity index (χ0n) is 10.1. The van der Waals surface area contributed by atoms with Gasteiger partial charge in [-0.25, -0.2) is 0 Å². The van der Waals surface area contributed by atoms with Crippen molar-refractivity contribution in [1.29, 1.82) is 0 Å². The summed E-state index contributed by atoms with van der Waals surface area (Å²) in [5, 5.41) is 0. The number of halogens is 2. The average Bonchev–Trinajstić information content (AvgIpc) is 2.38. The summed E-state index contributed by atoms with van der Waals surface area (Å²) in [7, 11) is 0. The number of rotatable bonds is 1. The maximum atomic E-state index is 10.6. The lowest BCUT2D eigenvalue weighted by molar-refractivity contribution is 0.101. The van der Waals surface area contributed by atoms with Gasteiger partial charge in [0.1, 0.15) is 0 Å². The van der Waals surface area contributed by atoms with Crippen LogP contribution in [-0.4, -0.2) is 5.78 Å². The first-order valence-electron chi connectivity index (χ1n) is 5.01. The number of benzene rings is 1. The molecule has 0 amide bonds. The first-order valence-corrected chi connectivity index (χ1v) is 11.3.